The van der Waals surface area contributed by atoms with Crippen LogP contribution in [0.1, 0.15) is 13.8 Å². The maximum Gasteiger partial charge on any atom is 0.296 e. The summed E-state index contributed by atoms with van der Waals surface area (Å²) in [4.78, 5) is 38.1. The van der Waals surface area contributed by atoms with E-state index in [-0.39, 0.29) is 23.2 Å². The number of nitro groups is 1. The lowest BCUT2D eigenvalue weighted by Gasteiger charge is -2.36. The molecule has 2 rings (SSSR count). The van der Waals surface area contributed by atoms with Gasteiger partial charge in [0.1, 0.15) is 11.4 Å². The minimum atomic E-state index is -0.561. The summed E-state index contributed by atoms with van der Waals surface area (Å²) in [7, 11) is 1.42. The molecule has 1 aliphatic heterocycles. The van der Waals surface area contributed by atoms with Crippen molar-refractivity contribution in [2.75, 3.05) is 38.6 Å². The minimum absolute atomic E-state index is 0.0191. The number of carbonyl (C=O) groups is 2. The molecular formula is C16H22N4O5. The van der Waals surface area contributed by atoms with Gasteiger partial charge in [-0.15, -0.1) is 0 Å². The van der Waals surface area contributed by atoms with Crippen molar-refractivity contribution < 1.29 is 19.2 Å². The number of nitrogens with zero attached hydrogens (tertiary/aromatic N) is 3. The molecule has 9 nitrogen and oxygen atoms in total. The second-order valence-corrected chi connectivity index (χ2v) is 5.85. The zero-order valence-corrected chi connectivity index (χ0v) is 14.5. The molecule has 1 aliphatic rings. The van der Waals surface area contributed by atoms with E-state index in [2.05, 4.69) is 5.32 Å². The highest BCUT2D eigenvalue weighted by atomic mass is 16.6. The highest BCUT2D eigenvalue weighted by molar-refractivity contribution is 5.96. The zero-order chi connectivity index (χ0) is 18.6. The van der Waals surface area contributed by atoms with Crippen molar-refractivity contribution in [3.63, 3.8) is 0 Å². The van der Waals surface area contributed by atoms with Crippen molar-refractivity contribution in [1.29, 1.82) is 0 Å². The number of hydrogen-bond acceptors (Lipinski definition) is 6. The van der Waals surface area contributed by atoms with Crippen LogP contribution in [0.15, 0.2) is 18.2 Å². The van der Waals surface area contributed by atoms with Crippen LogP contribution in [0.5, 0.6) is 5.75 Å². The highest BCUT2D eigenvalue weighted by Gasteiger charge is 2.27. The second kappa shape index (κ2) is 7.93. The SMILES string of the molecule is COc1ccc(NC(=O)C(C)N2CCN(C(C)=O)CC2)c([N+](=O)[O-])c1. The molecule has 0 radical (unpaired) electrons. The van der Waals surface area contributed by atoms with E-state index in [1.807, 2.05) is 4.90 Å². The first-order valence-corrected chi connectivity index (χ1v) is 7.96. The van der Waals surface area contributed by atoms with E-state index in [0.29, 0.717) is 31.9 Å². The molecule has 1 N–H and O–H groups in total. The van der Waals surface area contributed by atoms with Gasteiger partial charge in [-0.1, -0.05) is 0 Å². The Kier molecular flexibility index (Phi) is 5.92. The normalized spacial score (nSPS) is 16.2. The summed E-state index contributed by atoms with van der Waals surface area (Å²) in [5.41, 5.74) is -0.0914. The van der Waals surface area contributed by atoms with Crippen LogP contribution in [-0.2, 0) is 9.59 Å². The fourth-order valence-electron chi connectivity index (χ4n) is 2.72. The van der Waals surface area contributed by atoms with E-state index >= 15 is 0 Å². The molecule has 1 unspecified atom stereocenters. The predicted molar refractivity (Wildman–Crippen MR) is 91.6 cm³/mol. The number of hydrogen-bond donors (Lipinski definition) is 1. The first kappa shape index (κ1) is 18.7. The van der Waals surface area contributed by atoms with Gasteiger partial charge >= 0.3 is 0 Å². The van der Waals surface area contributed by atoms with Crippen molar-refractivity contribution in [2.45, 2.75) is 19.9 Å². The number of amides is 2. The smallest absolute Gasteiger partial charge is 0.296 e. The zero-order valence-electron chi connectivity index (χ0n) is 14.5. The summed E-state index contributed by atoms with van der Waals surface area (Å²) in [5.74, 6) is 0.0354. The van der Waals surface area contributed by atoms with Crippen molar-refractivity contribution in [3.05, 3.63) is 28.3 Å². The summed E-state index contributed by atoms with van der Waals surface area (Å²) in [5, 5.41) is 13.8. The van der Waals surface area contributed by atoms with Crippen LogP contribution >= 0.6 is 0 Å². The predicted octanol–water partition coefficient (Wildman–Crippen LogP) is 1.09. The van der Waals surface area contributed by atoms with Crippen molar-refractivity contribution in [2.24, 2.45) is 0 Å². The topological polar surface area (TPSA) is 105 Å². The molecular weight excluding hydrogens is 328 g/mol. The van der Waals surface area contributed by atoms with E-state index in [1.165, 1.54) is 26.2 Å². The maximum absolute atomic E-state index is 12.5. The third kappa shape index (κ3) is 4.44. The van der Waals surface area contributed by atoms with Crippen LogP contribution in [-0.4, -0.2) is 65.9 Å². The van der Waals surface area contributed by atoms with E-state index < -0.39 is 11.0 Å². The molecule has 1 heterocycles. The number of nitro benzene ring substituents is 1. The molecule has 9 heteroatoms. The van der Waals surface area contributed by atoms with Crippen LogP contribution < -0.4 is 10.1 Å². The standard InChI is InChI=1S/C16H22N4O5/c1-11(18-6-8-19(9-7-18)12(2)21)16(22)17-14-5-4-13(25-3)10-15(14)20(23)24/h4-5,10-11H,6-9H2,1-3H3,(H,17,22). The van der Waals surface area contributed by atoms with Crippen molar-refractivity contribution in [1.82, 2.24) is 9.80 Å². The molecule has 0 spiro atoms. The molecule has 2 amide bonds. The third-order valence-electron chi connectivity index (χ3n) is 4.35. The number of methoxy groups -OCH3 is 1. The number of carbonyl (C=O) groups excluding carboxylic acids is 2. The first-order valence-electron chi connectivity index (χ1n) is 7.96. The van der Waals surface area contributed by atoms with Gasteiger partial charge in [0.25, 0.3) is 5.69 Å². The van der Waals surface area contributed by atoms with E-state index in [0.717, 1.165) is 0 Å². The Bertz CT molecular complexity index is 670. The van der Waals surface area contributed by atoms with Crippen molar-refractivity contribution in [3.8, 4) is 5.75 Å². The quantitative estimate of drug-likeness (QED) is 0.630. The van der Waals surface area contributed by atoms with Gasteiger partial charge in [0.15, 0.2) is 0 Å². The molecule has 0 bridgehead atoms. The average molecular weight is 350 g/mol. The molecule has 1 saturated heterocycles. The maximum atomic E-state index is 12.5. The summed E-state index contributed by atoms with van der Waals surface area (Å²) in [6.07, 6.45) is 0. The van der Waals surface area contributed by atoms with Gasteiger partial charge in [-0.2, -0.15) is 0 Å². The summed E-state index contributed by atoms with van der Waals surface area (Å²) in [6.45, 7) is 5.56. The number of anilines is 1. The molecule has 136 valence electrons. The molecule has 1 aromatic rings. The lowest BCUT2D eigenvalue weighted by atomic mass is 10.2. The number of benzene rings is 1. The van der Waals surface area contributed by atoms with Crippen LogP contribution in [0, 0.1) is 10.1 Å². The largest absolute Gasteiger partial charge is 0.496 e. The molecule has 1 atom stereocenters. The molecule has 0 aliphatic carbocycles. The van der Waals surface area contributed by atoms with Gasteiger partial charge in [-0.05, 0) is 19.1 Å². The summed E-state index contributed by atoms with van der Waals surface area (Å²) < 4.78 is 4.98. The van der Waals surface area contributed by atoms with Crippen molar-refractivity contribution >= 4 is 23.2 Å². The number of rotatable bonds is 5. The first-order chi connectivity index (χ1) is 11.8. The Balaban J connectivity index is 2.04. The molecule has 25 heavy (non-hydrogen) atoms. The fraction of sp³-hybridized carbons (Fsp3) is 0.500. The Morgan fingerprint density at radius 1 is 1.28 bits per heavy atom. The van der Waals surface area contributed by atoms with Crippen LogP contribution in [0.4, 0.5) is 11.4 Å². The monoisotopic (exact) mass is 350 g/mol. The second-order valence-electron chi connectivity index (χ2n) is 5.85. The average Bonchev–Trinajstić information content (AvgIpc) is 2.61. The van der Waals surface area contributed by atoms with Gasteiger partial charge in [0.05, 0.1) is 24.1 Å². The van der Waals surface area contributed by atoms with E-state index in [1.54, 1.807) is 17.9 Å². The highest BCUT2D eigenvalue weighted by Crippen LogP contribution is 2.29. The molecule has 0 aromatic heterocycles. The lowest BCUT2D eigenvalue weighted by molar-refractivity contribution is -0.384. The minimum Gasteiger partial charge on any atom is -0.496 e. The van der Waals surface area contributed by atoms with Crippen LogP contribution in [0.25, 0.3) is 0 Å². The Morgan fingerprint density at radius 3 is 2.44 bits per heavy atom. The number of ether oxygens (including phenoxy) is 1. The van der Waals surface area contributed by atoms with Gasteiger partial charge in [-0.25, -0.2) is 0 Å². The number of piperazine rings is 1. The van der Waals surface area contributed by atoms with Gasteiger partial charge in [0, 0.05) is 33.1 Å². The van der Waals surface area contributed by atoms with Gasteiger partial charge in [0.2, 0.25) is 11.8 Å². The Hall–Kier alpha value is -2.68. The fourth-order valence-corrected chi connectivity index (χ4v) is 2.72. The Morgan fingerprint density at radius 2 is 1.92 bits per heavy atom. The van der Waals surface area contributed by atoms with Gasteiger partial charge < -0.3 is 15.0 Å². The van der Waals surface area contributed by atoms with Gasteiger partial charge in [-0.3, -0.25) is 24.6 Å². The summed E-state index contributed by atoms with van der Waals surface area (Å²) in [6, 6.07) is 3.82. The lowest BCUT2D eigenvalue weighted by Crippen LogP contribution is -2.53. The van der Waals surface area contributed by atoms with Crippen LogP contribution in [0.3, 0.4) is 0 Å². The number of nitrogens with one attached hydrogen (secondary N) is 1. The molecule has 1 fully saturated rings. The molecule has 0 saturated carbocycles. The molecule has 1 aromatic carbocycles. The Labute approximate surface area is 145 Å². The van der Waals surface area contributed by atoms with E-state index in [9.17, 15) is 19.7 Å². The third-order valence-corrected chi connectivity index (χ3v) is 4.35. The van der Waals surface area contributed by atoms with Crippen LogP contribution in [0.2, 0.25) is 0 Å². The van der Waals surface area contributed by atoms with E-state index in [4.69, 9.17) is 4.74 Å². The summed E-state index contributed by atoms with van der Waals surface area (Å²) >= 11 is 0.